The fraction of sp³-hybridized carbons (Fsp3) is 0.276. The van der Waals surface area contributed by atoms with E-state index < -0.39 is 0 Å². The summed E-state index contributed by atoms with van der Waals surface area (Å²) in [4.78, 5) is 17.0. The van der Waals surface area contributed by atoms with Gasteiger partial charge in [-0.25, -0.2) is 0 Å². The monoisotopic (exact) mass is 490 g/mol. The lowest BCUT2D eigenvalue weighted by Gasteiger charge is -2.34. The Kier molecular flexibility index (Phi) is 8.45. The lowest BCUT2D eigenvalue weighted by Crippen LogP contribution is -2.47. The third kappa shape index (κ3) is 6.87. The summed E-state index contributed by atoms with van der Waals surface area (Å²) >= 11 is 6.10. The Morgan fingerprint density at radius 1 is 0.971 bits per heavy atom. The molecule has 0 saturated carbocycles. The smallest absolute Gasteiger partial charge is 0.246 e. The molecule has 182 valence electrons. The third-order valence-corrected chi connectivity index (χ3v) is 6.41. The Morgan fingerprint density at radius 2 is 1.77 bits per heavy atom. The number of ether oxygens (including phenoxy) is 2. The number of aryl methyl sites for hydroxylation is 1. The number of amides is 1. The number of methoxy groups -OCH3 is 1. The van der Waals surface area contributed by atoms with E-state index in [4.69, 9.17) is 21.1 Å². The average molecular weight is 491 g/mol. The largest absolute Gasteiger partial charge is 0.496 e. The Balaban J connectivity index is 1.33. The summed E-state index contributed by atoms with van der Waals surface area (Å²) in [5, 5.41) is 0.755. The van der Waals surface area contributed by atoms with Crippen LogP contribution in [-0.2, 0) is 17.9 Å². The number of carbonyl (C=O) groups is 1. The minimum Gasteiger partial charge on any atom is -0.496 e. The van der Waals surface area contributed by atoms with Gasteiger partial charge in [-0.2, -0.15) is 0 Å². The quantitative estimate of drug-likeness (QED) is 0.386. The van der Waals surface area contributed by atoms with Crippen molar-refractivity contribution in [1.82, 2.24) is 9.80 Å². The van der Waals surface area contributed by atoms with E-state index in [9.17, 15) is 4.79 Å². The molecular weight excluding hydrogens is 460 g/mol. The van der Waals surface area contributed by atoms with E-state index in [1.165, 1.54) is 5.56 Å². The molecule has 0 bridgehead atoms. The van der Waals surface area contributed by atoms with Gasteiger partial charge < -0.3 is 14.4 Å². The van der Waals surface area contributed by atoms with Gasteiger partial charge in [0.1, 0.15) is 18.1 Å². The molecule has 1 saturated heterocycles. The highest BCUT2D eigenvalue weighted by atomic mass is 35.5. The first kappa shape index (κ1) is 24.8. The van der Waals surface area contributed by atoms with Crippen molar-refractivity contribution in [3.8, 4) is 11.5 Å². The molecule has 1 heterocycles. The second kappa shape index (κ2) is 11.9. The zero-order chi connectivity index (χ0) is 24.6. The molecule has 35 heavy (non-hydrogen) atoms. The molecule has 0 N–H and O–H groups in total. The second-order valence-electron chi connectivity index (χ2n) is 8.69. The molecule has 3 aromatic carbocycles. The van der Waals surface area contributed by atoms with E-state index in [1.54, 1.807) is 13.2 Å². The van der Waals surface area contributed by atoms with Crippen LogP contribution in [0, 0.1) is 6.92 Å². The highest BCUT2D eigenvalue weighted by Crippen LogP contribution is 2.24. The highest BCUT2D eigenvalue weighted by Gasteiger charge is 2.19. The van der Waals surface area contributed by atoms with Gasteiger partial charge in [0, 0.05) is 49.4 Å². The van der Waals surface area contributed by atoms with Crippen LogP contribution in [0.3, 0.4) is 0 Å². The maximum Gasteiger partial charge on any atom is 0.246 e. The van der Waals surface area contributed by atoms with Crippen LogP contribution in [0.15, 0.2) is 72.8 Å². The first-order valence-corrected chi connectivity index (χ1v) is 12.2. The SMILES string of the molecule is COc1ccc(/C=C/C(=O)N2CCN(Cc3cccc(Cl)c3)CC2)cc1COc1ccccc1C. The summed E-state index contributed by atoms with van der Waals surface area (Å²) in [6, 6.07) is 21.7. The number of para-hydroxylation sites is 1. The number of hydrogen-bond donors (Lipinski definition) is 0. The van der Waals surface area contributed by atoms with Gasteiger partial charge in [-0.3, -0.25) is 9.69 Å². The molecule has 1 amide bonds. The van der Waals surface area contributed by atoms with Gasteiger partial charge in [0.15, 0.2) is 0 Å². The molecule has 4 rings (SSSR count). The van der Waals surface area contributed by atoms with Crippen molar-refractivity contribution in [2.75, 3.05) is 33.3 Å². The zero-order valence-corrected chi connectivity index (χ0v) is 21.0. The fourth-order valence-electron chi connectivity index (χ4n) is 4.18. The first-order valence-electron chi connectivity index (χ1n) is 11.8. The van der Waals surface area contributed by atoms with Crippen molar-refractivity contribution >= 4 is 23.6 Å². The molecular formula is C29H31ClN2O3. The molecule has 1 aliphatic heterocycles. The van der Waals surface area contributed by atoms with Crippen LogP contribution in [0.5, 0.6) is 11.5 Å². The third-order valence-electron chi connectivity index (χ3n) is 6.18. The van der Waals surface area contributed by atoms with Gasteiger partial charge in [-0.1, -0.05) is 48.0 Å². The van der Waals surface area contributed by atoms with E-state index in [-0.39, 0.29) is 5.91 Å². The minimum absolute atomic E-state index is 0.0286. The van der Waals surface area contributed by atoms with E-state index >= 15 is 0 Å². The predicted molar refractivity (Wildman–Crippen MR) is 141 cm³/mol. The van der Waals surface area contributed by atoms with Crippen LogP contribution in [0.1, 0.15) is 22.3 Å². The van der Waals surface area contributed by atoms with Crippen molar-refractivity contribution in [2.24, 2.45) is 0 Å². The van der Waals surface area contributed by atoms with Crippen molar-refractivity contribution in [2.45, 2.75) is 20.1 Å². The Bertz CT molecular complexity index is 1190. The molecule has 0 aliphatic carbocycles. The van der Waals surface area contributed by atoms with Crippen LogP contribution < -0.4 is 9.47 Å². The van der Waals surface area contributed by atoms with Gasteiger partial charge >= 0.3 is 0 Å². The summed E-state index contributed by atoms with van der Waals surface area (Å²) < 4.78 is 11.5. The number of halogens is 1. The molecule has 3 aromatic rings. The molecule has 0 aromatic heterocycles. The van der Waals surface area contributed by atoms with Gasteiger partial charge in [-0.05, 0) is 60.0 Å². The van der Waals surface area contributed by atoms with Gasteiger partial charge in [0.25, 0.3) is 0 Å². The zero-order valence-electron chi connectivity index (χ0n) is 20.2. The van der Waals surface area contributed by atoms with Gasteiger partial charge in [0.05, 0.1) is 7.11 Å². The van der Waals surface area contributed by atoms with E-state index in [1.807, 2.05) is 78.6 Å². The average Bonchev–Trinajstić information content (AvgIpc) is 2.87. The van der Waals surface area contributed by atoms with Gasteiger partial charge in [-0.15, -0.1) is 0 Å². The summed E-state index contributed by atoms with van der Waals surface area (Å²) in [6.07, 6.45) is 3.51. The van der Waals surface area contributed by atoms with Crippen LogP contribution in [-0.4, -0.2) is 49.0 Å². The maximum absolute atomic E-state index is 12.8. The molecule has 1 fully saturated rings. The predicted octanol–water partition coefficient (Wildman–Crippen LogP) is 5.59. The summed E-state index contributed by atoms with van der Waals surface area (Å²) in [7, 11) is 1.65. The molecule has 6 heteroatoms. The maximum atomic E-state index is 12.8. The number of benzene rings is 3. The number of hydrogen-bond acceptors (Lipinski definition) is 4. The standard InChI is InChI=1S/C29H31ClN2O3/c1-22-6-3-4-9-27(22)35-21-25-18-23(10-12-28(25)34-2)11-13-29(33)32-16-14-31(15-17-32)20-24-7-5-8-26(30)19-24/h3-13,18-19H,14-17,20-21H2,1-2H3/b13-11+. The Morgan fingerprint density at radius 3 is 2.51 bits per heavy atom. The van der Waals surface area contributed by atoms with Crippen LogP contribution in [0.25, 0.3) is 6.08 Å². The summed E-state index contributed by atoms with van der Waals surface area (Å²) in [5.41, 5.74) is 4.14. The summed E-state index contributed by atoms with van der Waals surface area (Å²) in [5.74, 6) is 1.64. The minimum atomic E-state index is 0.0286. The highest BCUT2D eigenvalue weighted by molar-refractivity contribution is 6.30. The molecule has 1 aliphatic rings. The van der Waals surface area contributed by atoms with Crippen molar-refractivity contribution in [1.29, 1.82) is 0 Å². The normalized spacial score (nSPS) is 14.3. The van der Waals surface area contributed by atoms with Crippen molar-refractivity contribution in [3.05, 3.63) is 100 Å². The second-order valence-corrected chi connectivity index (χ2v) is 9.13. The van der Waals surface area contributed by atoms with Crippen LogP contribution >= 0.6 is 11.6 Å². The molecule has 0 unspecified atom stereocenters. The van der Waals surface area contributed by atoms with Crippen LogP contribution in [0.4, 0.5) is 0 Å². The number of rotatable bonds is 8. The fourth-order valence-corrected chi connectivity index (χ4v) is 4.39. The van der Waals surface area contributed by atoms with E-state index in [2.05, 4.69) is 11.0 Å². The van der Waals surface area contributed by atoms with Crippen LogP contribution in [0.2, 0.25) is 5.02 Å². The van der Waals surface area contributed by atoms with E-state index in [0.29, 0.717) is 19.7 Å². The van der Waals surface area contributed by atoms with Crippen molar-refractivity contribution in [3.63, 3.8) is 0 Å². The number of carbonyl (C=O) groups excluding carboxylic acids is 1. The Labute approximate surface area is 212 Å². The molecule has 0 atom stereocenters. The first-order chi connectivity index (χ1) is 17.0. The topological polar surface area (TPSA) is 42.0 Å². The molecule has 0 spiro atoms. The van der Waals surface area contributed by atoms with Gasteiger partial charge in [0.2, 0.25) is 5.91 Å². The molecule has 0 radical (unpaired) electrons. The number of piperazine rings is 1. The molecule has 5 nitrogen and oxygen atoms in total. The van der Waals surface area contributed by atoms with Crippen molar-refractivity contribution < 1.29 is 14.3 Å². The summed E-state index contributed by atoms with van der Waals surface area (Å²) in [6.45, 7) is 6.36. The van der Waals surface area contributed by atoms with E-state index in [0.717, 1.165) is 52.8 Å². The lowest BCUT2D eigenvalue weighted by molar-refractivity contribution is -0.127. The lowest BCUT2D eigenvalue weighted by atomic mass is 10.1. The number of nitrogens with zero attached hydrogens (tertiary/aromatic N) is 2. The Hall–Kier alpha value is -3.28.